The number of quaternary nitrogens is 1. The molecule has 0 saturated carbocycles. The van der Waals surface area contributed by atoms with Crippen molar-refractivity contribution in [2.45, 2.75) is 45.3 Å². The average molecular weight is 377 g/mol. The topological polar surface area (TPSA) is 63.1 Å². The van der Waals surface area contributed by atoms with Crippen LogP contribution < -0.4 is 10.2 Å². The molecular weight excluding hydrogens is 342 g/mol. The summed E-state index contributed by atoms with van der Waals surface area (Å²) >= 11 is 0. The Kier molecular flexibility index (Phi) is 7.25. The van der Waals surface area contributed by atoms with E-state index in [1.54, 1.807) is 4.90 Å². The van der Waals surface area contributed by atoms with Crippen molar-refractivity contribution in [3.63, 3.8) is 0 Å². The van der Waals surface area contributed by atoms with E-state index in [0.29, 0.717) is 25.9 Å². The van der Waals surface area contributed by atoms with Crippen LogP contribution in [-0.4, -0.2) is 56.2 Å². The summed E-state index contributed by atoms with van der Waals surface area (Å²) in [6.45, 7) is 7.53. The van der Waals surface area contributed by atoms with Gasteiger partial charge in [-0.1, -0.05) is 30.3 Å². The largest absolute Gasteiger partial charge is 0.444 e. The van der Waals surface area contributed by atoms with Crippen LogP contribution in [0.1, 0.15) is 45.2 Å². The van der Waals surface area contributed by atoms with Gasteiger partial charge in [0.25, 0.3) is 0 Å². The lowest BCUT2D eigenvalue weighted by Gasteiger charge is -2.33. The molecule has 150 valence electrons. The molecular formula is C21H34N3O3+. The van der Waals surface area contributed by atoms with E-state index in [4.69, 9.17) is 4.74 Å². The van der Waals surface area contributed by atoms with Gasteiger partial charge in [-0.25, -0.2) is 4.79 Å². The number of ether oxygens (including phenoxy) is 1. The van der Waals surface area contributed by atoms with Gasteiger partial charge in [0.1, 0.15) is 18.2 Å². The molecule has 0 radical (unpaired) electrons. The third-order valence-corrected chi connectivity index (χ3v) is 4.65. The van der Waals surface area contributed by atoms with E-state index in [1.807, 2.05) is 39.0 Å². The Hall–Kier alpha value is -2.08. The summed E-state index contributed by atoms with van der Waals surface area (Å²) < 4.78 is 5.42. The molecule has 1 atom stereocenters. The van der Waals surface area contributed by atoms with Crippen LogP contribution in [0.15, 0.2) is 30.3 Å². The quantitative estimate of drug-likeness (QED) is 0.821. The minimum atomic E-state index is -0.497. The third-order valence-electron chi connectivity index (χ3n) is 4.65. The number of hydrogen-bond acceptors (Lipinski definition) is 3. The molecule has 1 aromatic rings. The van der Waals surface area contributed by atoms with Gasteiger partial charge < -0.3 is 19.9 Å². The van der Waals surface area contributed by atoms with Crippen LogP contribution in [0.25, 0.3) is 0 Å². The first-order valence-corrected chi connectivity index (χ1v) is 9.78. The highest BCUT2D eigenvalue weighted by Gasteiger charge is 2.31. The number of carbonyl (C=O) groups excluding carboxylic acids is 2. The number of benzene rings is 1. The number of carbonyl (C=O) groups is 2. The molecule has 1 fully saturated rings. The van der Waals surface area contributed by atoms with E-state index in [0.717, 1.165) is 12.1 Å². The predicted molar refractivity (Wildman–Crippen MR) is 106 cm³/mol. The summed E-state index contributed by atoms with van der Waals surface area (Å²) in [7, 11) is 4.17. The first-order valence-electron chi connectivity index (χ1n) is 9.78. The molecule has 1 aromatic carbocycles. The monoisotopic (exact) mass is 376 g/mol. The molecule has 2 amide bonds. The van der Waals surface area contributed by atoms with Gasteiger partial charge in [0.05, 0.1) is 14.1 Å². The van der Waals surface area contributed by atoms with Crippen molar-refractivity contribution in [3.8, 4) is 0 Å². The van der Waals surface area contributed by atoms with Crippen LogP contribution in [0.5, 0.6) is 0 Å². The summed E-state index contributed by atoms with van der Waals surface area (Å²) in [5.41, 5.74) is 0.626. The van der Waals surface area contributed by atoms with Crippen LogP contribution in [0.4, 0.5) is 4.79 Å². The highest BCUT2D eigenvalue weighted by atomic mass is 16.6. The second kappa shape index (κ2) is 9.22. The summed E-state index contributed by atoms with van der Waals surface area (Å²) in [5, 5.41) is 3.22. The van der Waals surface area contributed by atoms with E-state index < -0.39 is 5.60 Å². The minimum absolute atomic E-state index is 0.00687. The fraction of sp³-hybridized carbons (Fsp3) is 0.619. The van der Waals surface area contributed by atoms with E-state index in [-0.39, 0.29) is 24.0 Å². The van der Waals surface area contributed by atoms with Crippen LogP contribution >= 0.6 is 0 Å². The lowest BCUT2D eigenvalue weighted by molar-refractivity contribution is -0.860. The summed E-state index contributed by atoms with van der Waals surface area (Å²) in [5.74, 6) is 0.0148. The number of likely N-dealkylation sites (tertiary alicyclic amines) is 1. The van der Waals surface area contributed by atoms with Gasteiger partial charge in [-0.2, -0.15) is 0 Å². The first-order chi connectivity index (χ1) is 12.7. The van der Waals surface area contributed by atoms with Crippen LogP contribution in [0, 0.1) is 5.92 Å². The molecule has 2 N–H and O–H groups in total. The van der Waals surface area contributed by atoms with Gasteiger partial charge in [-0.3, -0.25) is 4.79 Å². The Morgan fingerprint density at radius 2 is 1.78 bits per heavy atom. The zero-order chi connectivity index (χ0) is 20.0. The van der Waals surface area contributed by atoms with Gasteiger partial charge in [0, 0.05) is 19.0 Å². The summed E-state index contributed by atoms with van der Waals surface area (Å²) in [6.07, 6.45) is 1.04. The lowest BCUT2D eigenvalue weighted by atomic mass is 9.95. The number of piperidine rings is 1. The standard InChI is InChI=1S/C21H33N3O3/c1-21(2,3)27-20(26)24-13-11-17(12-14-24)19(25)22-18(15-23(4)5)16-9-7-6-8-10-16/h6-10,17-18H,11-15H2,1-5H3,(H,22,25)/p+1/t18-/m0/s1. The number of rotatable bonds is 5. The molecule has 6 nitrogen and oxygen atoms in total. The number of hydrogen-bond donors (Lipinski definition) is 2. The van der Waals surface area contributed by atoms with Crippen molar-refractivity contribution >= 4 is 12.0 Å². The fourth-order valence-corrected chi connectivity index (χ4v) is 3.29. The Labute approximate surface area is 162 Å². The molecule has 27 heavy (non-hydrogen) atoms. The van der Waals surface area contributed by atoms with Crippen molar-refractivity contribution < 1.29 is 19.2 Å². The third kappa shape index (κ3) is 6.86. The maximum absolute atomic E-state index is 12.8. The van der Waals surface area contributed by atoms with Crippen molar-refractivity contribution in [1.29, 1.82) is 0 Å². The second-order valence-corrected chi connectivity index (χ2v) is 8.62. The molecule has 2 rings (SSSR count). The summed E-state index contributed by atoms with van der Waals surface area (Å²) in [6, 6.07) is 10.1. The molecule has 1 heterocycles. The van der Waals surface area contributed by atoms with E-state index >= 15 is 0 Å². The van der Waals surface area contributed by atoms with Gasteiger partial charge in [-0.05, 0) is 39.2 Å². The van der Waals surface area contributed by atoms with Crippen LogP contribution in [0.3, 0.4) is 0 Å². The molecule has 0 aliphatic carbocycles. The zero-order valence-corrected chi connectivity index (χ0v) is 17.2. The normalized spacial score (nSPS) is 16.9. The lowest BCUT2D eigenvalue weighted by Crippen LogP contribution is -3.06. The molecule has 1 saturated heterocycles. The highest BCUT2D eigenvalue weighted by molar-refractivity contribution is 5.79. The molecule has 6 heteroatoms. The van der Waals surface area contributed by atoms with Gasteiger partial charge in [0.2, 0.25) is 5.91 Å². The maximum Gasteiger partial charge on any atom is 0.410 e. The number of amides is 2. The average Bonchev–Trinajstić information content (AvgIpc) is 2.60. The first kappa shape index (κ1) is 21.2. The zero-order valence-electron chi connectivity index (χ0n) is 17.2. The molecule has 0 unspecified atom stereocenters. The van der Waals surface area contributed by atoms with Crippen LogP contribution in [0.2, 0.25) is 0 Å². The number of nitrogens with zero attached hydrogens (tertiary/aromatic N) is 1. The Morgan fingerprint density at radius 1 is 1.19 bits per heavy atom. The predicted octanol–water partition coefficient (Wildman–Crippen LogP) is 1.64. The van der Waals surface area contributed by atoms with E-state index in [9.17, 15) is 9.59 Å². The highest BCUT2D eigenvalue weighted by Crippen LogP contribution is 2.21. The van der Waals surface area contributed by atoms with Crippen molar-refractivity contribution in [1.82, 2.24) is 10.2 Å². The van der Waals surface area contributed by atoms with Crippen molar-refractivity contribution in [2.75, 3.05) is 33.7 Å². The van der Waals surface area contributed by atoms with Gasteiger partial charge in [0.15, 0.2) is 0 Å². The fourth-order valence-electron chi connectivity index (χ4n) is 3.29. The maximum atomic E-state index is 12.8. The number of likely N-dealkylation sites (N-methyl/N-ethyl adjacent to an activating group) is 1. The molecule has 0 spiro atoms. The molecule has 1 aliphatic rings. The van der Waals surface area contributed by atoms with Crippen molar-refractivity contribution in [2.24, 2.45) is 5.92 Å². The Morgan fingerprint density at radius 3 is 2.30 bits per heavy atom. The molecule has 0 aromatic heterocycles. The minimum Gasteiger partial charge on any atom is -0.444 e. The Balaban J connectivity index is 1.91. The molecule has 0 bridgehead atoms. The molecule has 1 aliphatic heterocycles. The number of nitrogens with one attached hydrogen (secondary N) is 2. The van der Waals surface area contributed by atoms with E-state index in [2.05, 4.69) is 31.5 Å². The van der Waals surface area contributed by atoms with Gasteiger partial charge in [-0.15, -0.1) is 0 Å². The SMILES string of the molecule is C[NH+](C)C[C@H](NC(=O)C1CCN(C(=O)OC(C)(C)C)CC1)c1ccccc1. The van der Waals surface area contributed by atoms with E-state index in [1.165, 1.54) is 4.90 Å². The van der Waals surface area contributed by atoms with Gasteiger partial charge >= 0.3 is 6.09 Å². The van der Waals surface area contributed by atoms with Crippen molar-refractivity contribution in [3.05, 3.63) is 35.9 Å². The summed E-state index contributed by atoms with van der Waals surface area (Å²) in [4.78, 5) is 28.0. The second-order valence-electron chi connectivity index (χ2n) is 8.62. The Bertz CT molecular complexity index is 617. The smallest absolute Gasteiger partial charge is 0.410 e. The van der Waals surface area contributed by atoms with Crippen LogP contribution in [-0.2, 0) is 9.53 Å².